The molecule has 0 bridgehead atoms. The Morgan fingerprint density at radius 2 is 1.91 bits per heavy atom. The van der Waals surface area contributed by atoms with Gasteiger partial charge in [-0.05, 0) is 55.1 Å². The summed E-state index contributed by atoms with van der Waals surface area (Å²) >= 11 is 0. The molecule has 0 aromatic carbocycles. The Labute approximate surface area is 204 Å². The van der Waals surface area contributed by atoms with Crippen molar-refractivity contribution in [2.75, 3.05) is 6.61 Å². The van der Waals surface area contributed by atoms with E-state index in [1.54, 1.807) is 6.92 Å². The van der Waals surface area contributed by atoms with Gasteiger partial charge in [-0.3, -0.25) is 9.59 Å². The van der Waals surface area contributed by atoms with Crippen LogP contribution in [-0.2, 0) is 23.5 Å². The first-order valence-electron chi connectivity index (χ1n) is 12.4. The molecule has 7 heteroatoms. The Bertz CT molecular complexity index is 1040. The highest BCUT2D eigenvalue weighted by molar-refractivity contribution is 6.74. The second-order valence-electron chi connectivity index (χ2n) is 12.0. The van der Waals surface area contributed by atoms with Gasteiger partial charge in [0.15, 0.2) is 11.4 Å². The number of esters is 1. The lowest BCUT2D eigenvalue weighted by atomic mass is 9.48. The summed E-state index contributed by atoms with van der Waals surface area (Å²) in [5.74, 6) is 2.72. The second kappa shape index (κ2) is 7.99. The number of ether oxygens (including phenoxy) is 2. The van der Waals surface area contributed by atoms with Crippen molar-refractivity contribution in [1.29, 1.82) is 0 Å². The number of ketones is 1. The second-order valence-corrected chi connectivity index (χ2v) is 16.8. The number of allylic oxidation sites excluding steroid dienone is 2. The minimum absolute atomic E-state index is 0.00544. The minimum atomic E-state index is -2.18. The molecule has 6 nitrogen and oxygen atoms in total. The molecule has 0 aromatic heterocycles. The summed E-state index contributed by atoms with van der Waals surface area (Å²) in [5, 5.41) is 12.2. The largest absolute Gasteiger partial charge is 0.547 e. The maximum Gasteiger partial charge on any atom is 0.306 e. The van der Waals surface area contributed by atoms with Gasteiger partial charge in [-0.25, -0.2) is 0 Å². The Morgan fingerprint density at radius 3 is 2.53 bits per heavy atom. The van der Waals surface area contributed by atoms with E-state index < -0.39 is 25.3 Å². The number of fused-ring (bicyclic) bond motifs is 5. The van der Waals surface area contributed by atoms with Crippen LogP contribution in [0.4, 0.5) is 0 Å². The van der Waals surface area contributed by atoms with Crippen molar-refractivity contribution in [2.45, 2.75) is 90.6 Å². The zero-order valence-electron chi connectivity index (χ0n) is 21.7. The van der Waals surface area contributed by atoms with Crippen LogP contribution in [0.1, 0.15) is 60.8 Å². The number of aliphatic hydroxyl groups is 1. The first kappa shape index (κ1) is 25.1. The molecule has 1 N–H and O–H groups in total. The Morgan fingerprint density at radius 1 is 1.24 bits per heavy atom. The molecule has 1 saturated heterocycles. The van der Waals surface area contributed by atoms with Crippen LogP contribution >= 0.6 is 0 Å². The third-order valence-corrected chi connectivity index (χ3v) is 13.6. The first-order valence-corrected chi connectivity index (χ1v) is 15.3. The smallest absolute Gasteiger partial charge is 0.306 e. The van der Waals surface area contributed by atoms with Gasteiger partial charge >= 0.3 is 5.97 Å². The molecule has 0 radical (unpaired) electrons. The van der Waals surface area contributed by atoms with Gasteiger partial charge in [0.2, 0.25) is 8.32 Å². The van der Waals surface area contributed by atoms with Crippen LogP contribution in [0.25, 0.3) is 0 Å². The molecule has 0 aromatic rings. The van der Waals surface area contributed by atoms with E-state index in [9.17, 15) is 14.7 Å². The summed E-state index contributed by atoms with van der Waals surface area (Å²) in [7, 11) is -2.18. The van der Waals surface area contributed by atoms with E-state index in [1.165, 1.54) is 6.08 Å². The quantitative estimate of drug-likeness (QED) is 0.359. The van der Waals surface area contributed by atoms with Gasteiger partial charge in [0.25, 0.3) is 0 Å². The normalized spacial score (nSPS) is 37.1. The molecular weight excluding hydrogens is 448 g/mol. The van der Waals surface area contributed by atoms with Crippen LogP contribution < -0.4 is 0 Å². The highest BCUT2D eigenvalue weighted by Gasteiger charge is 2.69. The van der Waals surface area contributed by atoms with Crippen molar-refractivity contribution in [1.82, 2.24) is 0 Å². The van der Waals surface area contributed by atoms with Crippen LogP contribution in [-0.4, -0.2) is 43.5 Å². The summed E-state index contributed by atoms with van der Waals surface area (Å²) in [6.07, 6.45) is 5.23. The van der Waals surface area contributed by atoms with E-state index in [4.69, 9.17) is 13.9 Å². The lowest BCUT2D eigenvalue weighted by Gasteiger charge is -2.56. The number of rotatable bonds is 3. The molecule has 4 aliphatic rings. The molecule has 186 valence electrons. The number of hydrogen-bond donors (Lipinski definition) is 1. The van der Waals surface area contributed by atoms with Gasteiger partial charge in [-0.2, -0.15) is 0 Å². The summed E-state index contributed by atoms with van der Waals surface area (Å²) < 4.78 is 17.9. The van der Waals surface area contributed by atoms with E-state index in [0.29, 0.717) is 25.0 Å². The molecule has 3 aliphatic carbocycles. The van der Waals surface area contributed by atoms with E-state index in [-0.39, 0.29) is 41.2 Å². The lowest BCUT2D eigenvalue weighted by molar-refractivity contribution is -0.142. The van der Waals surface area contributed by atoms with Gasteiger partial charge in [0.05, 0.1) is 18.8 Å². The van der Waals surface area contributed by atoms with Gasteiger partial charge in [0, 0.05) is 36.0 Å². The monoisotopic (exact) mass is 486 g/mol. The molecule has 0 unspecified atom stereocenters. The topological polar surface area (TPSA) is 82.1 Å². The molecule has 1 aliphatic heterocycles. The third-order valence-electron chi connectivity index (χ3n) is 9.19. The SMILES string of the molecule is CCOC#C[C@]1(O)C(C)=CC(=O)[C@H]2CC(O[Si](C)(C)C(C)(C)C)=C3C[C@@H]4OC(=O)C[C@@H]4[C@H]3[C@]21C. The van der Waals surface area contributed by atoms with Crippen molar-refractivity contribution in [3.63, 3.8) is 0 Å². The molecular formula is C27H38O6Si. The fourth-order valence-corrected chi connectivity index (χ4v) is 7.43. The van der Waals surface area contributed by atoms with Crippen molar-refractivity contribution >= 4 is 20.1 Å². The standard InChI is InChI=1S/C27H38O6Si/c1-9-31-11-10-27(30)16(2)12-20(28)19-15-22(33-34(7,8)25(3,4)5)17-13-21-18(14-23(29)32-21)24(17)26(19,27)6/h12,18-19,21,24,30H,9,13-15H2,1-8H3/t18-,19+,21-,24-,26-,27-/m0/s1. The third kappa shape index (κ3) is 3.48. The number of carbonyl (C=O) groups excluding carboxylic acids is 2. The highest BCUT2D eigenvalue weighted by Crippen LogP contribution is 2.66. The van der Waals surface area contributed by atoms with E-state index >= 15 is 0 Å². The molecule has 0 spiro atoms. The molecule has 34 heavy (non-hydrogen) atoms. The predicted octanol–water partition coefficient (Wildman–Crippen LogP) is 4.50. The molecule has 1 saturated carbocycles. The van der Waals surface area contributed by atoms with E-state index in [0.717, 1.165) is 11.3 Å². The van der Waals surface area contributed by atoms with Crippen LogP contribution in [0.15, 0.2) is 23.0 Å². The van der Waals surface area contributed by atoms with Gasteiger partial charge in [-0.1, -0.05) is 27.7 Å². The Hall–Kier alpha value is -2.04. The van der Waals surface area contributed by atoms with Crippen LogP contribution in [0, 0.1) is 35.2 Å². The molecule has 6 atom stereocenters. The Balaban J connectivity index is 1.91. The number of carbonyl (C=O) groups is 2. The van der Waals surface area contributed by atoms with Crippen molar-refractivity contribution in [3.05, 3.63) is 23.0 Å². The van der Waals surface area contributed by atoms with Crippen molar-refractivity contribution in [2.24, 2.45) is 23.2 Å². The predicted molar refractivity (Wildman–Crippen MR) is 131 cm³/mol. The van der Waals surface area contributed by atoms with Crippen molar-refractivity contribution < 1.29 is 28.6 Å². The first-order chi connectivity index (χ1) is 15.7. The average molecular weight is 487 g/mol. The molecule has 1 heterocycles. The fraction of sp³-hybridized carbons (Fsp3) is 0.704. The Kier molecular flexibility index (Phi) is 5.89. The average Bonchev–Trinajstić information content (AvgIpc) is 3.24. The van der Waals surface area contributed by atoms with E-state index in [1.807, 2.05) is 13.8 Å². The molecule has 2 fully saturated rings. The zero-order valence-corrected chi connectivity index (χ0v) is 22.7. The molecule has 0 amide bonds. The van der Waals surface area contributed by atoms with Gasteiger partial charge in [-0.15, -0.1) is 0 Å². The maximum atomic E-state index is 13.5. The van der Waals surface area contributed by atoms with Crippen molar-refractivity contribution in [3.8, 4) is 12.0 Å². The zero-order chi connectivity index (χ0) is 25.3. The van der Waals surface area contributed by atoms with Crippen LogP contribution in [0.2, 0.25) is 18.1 Å². The summed E-state index contributed by atoms with van der Waals surface area (Å²) in [6.45, 7) is 17.0. The minimum Gasteiger partial charge on any atom is -0.547 e. The summed E-state index contributed by atoms with van der Waals surface area (Å²) in [6, 6.07) is 0. The summed E-state index contributed by atoms with van der Waals surface area (Å²) in [4.78, 5) is 25.8. The van der Waals surface area contributed by atoms with Gasteiger partial charge in [0.1, 0.15) is 12.2 Å². The summed E-state index contributed by atoms with van der Waals surface area (Å²) in [5.41, 5.74) is -0.897. The van der Waals surface area contributed by atoms with E-state index in [2.05, 4.69) is 45.9 Å². The lowest BCUT2D eigenvalue weighted by Crippen LogP contribution is -2.62. The van der Waals surface area contributed by atoms with Crippen LogP contribution in [0.3, 0.4) is 0 Å². The maximum absolute atomic E-state index is 13.5. The number of hydrogen-bond acceptors (Lipinski definition) is 6. The highest BCUT2D eigenvalue weighted by atomic mass is 28.4. The molecule has 4 rings (SSSR count). The fourth-order valence-electron chi connectivity index (χ4n) is 6.30. The van der Waals surface area contributed by atoms with Crippen LogP contribution in [0.5, 0.6) is 0 Å². The van der Waals surface area contributed by atoms with Gasteiger partial charge < -0.3 is 19.0 Å².